The predicted molar refractivity (Wildman–Crippen MR) is 70.9 cm³/mol. The fraction of sp³-hybridized carbons (Fsp3) is 0.571. The monoisotopic (exact) mass is 264 g/mol. The van der Waals surface area contributed by atoms with E-state index >= 15 is 0 Å². The van der Waals surface area contributed by atoms with Gasteiger partial charge in [0.25, 0.3) is 0 Å². The first kappa shape index (κ1) is 13.8. The summed E-state index contributed by atoms with van der Waals surface area (Å²) in [4.78, 5) is 18.3. The molecule has 1 aromatic heterocycles. The summed E-state index contributed by atoms with van der Waals surface area (Å²) in [5.41, 5.74) is 0.912. The molecule has 0 aliphatic carbocycles. The lowest BCUT2D eigenvalue weighted by Gasteiger charge is -2.33. The van der Waals surface area contributed by atoms with E-state index in [9.17, 15) is 4.79 Å². The van der Waals surface area contributed by atoms with E-state index in [0.29, 0.717) is 12.4 Å². The van der Waals surface area contributed by atoms with Gasteiger partial charge in [-0.15, -0.1) is 0 Å². The van der Waals surface area contributed by atoms with Gasteiger partial charge >= 0.3 is 5.97 Å². The molecule has 19 heavy (non-hydrogen) atoms. The molecule has 5 heteroatoms. The van der Waals surface area contributed by atoms with Crippen molar-refractivity contribution in [1.82, 2.24) is 9.88 Å². The summed E-state index contributed by atoms with van der Waals surface area (Å²) in [5, 5.41) is 0. The molecule has 1 saturated heterocycles. The average Bonchev–Trinajstić information content (AvgIpc) is 2.47. The minimum atomic E-state index is -0.150. The second-order valence-corrected chi connectivity index (χ2v) is 4.68. The lowest BCUT2D eigenvalue weighted by atomic mass is 10.0. The van der Waals surface area contributed by atoms with E-state index in [4.69, 9.17) is 9.47 Å². The third-order valence-electron chi connectivity index (χ3n) is 3.44. The van der Waals surface area contributed by atoms with Gasteiger partial charge in [0.05, 0.1) is 19.9 Å². The van der Waals surface area contributed by atoms with Crippen molar-refractivity contribution in [1.29, 1.82) is 0 Å². The number of piperidine rings is 1. The smallest absolute Gasteiger partial charge is 0.323 e. The largest absolute Gasteiger partial charge is 0.481 e. The summed E-state index contributed by atoms with van der Waals surface area (Å²) >= 11 is 0. The van der Waals surface area contributed by atoms with Crippen LogP contribution in [0.3, 0.4) is 0 Å². The molecule has 1 atom stereocenters. The average molecular weight is 264 g/mol. The number of methoxy groups -OCH3 is 2. The highest BCUT2D eigenvalue weighted by atomic mass is 16.5. The van der Waals surface area contributed by atoms with Crippen LogP contribution in [0.25, 0.3) is 0 Å². The molecule has 0 aromatic carbocycles. The summed E-state index contributed by atoms with van der Waals surface area (Å²) in [6.07, 6.45) is 3.04. The number of pyridine rings is 1. The van der Waals surface area contributed by atoms with Crippen molar-refractivity contribution < 1.29 is 14.3 Å². The molecule has 1 aromatic rings. The number of likely N-dealkylation sites (tertiary alicyclic amines) is 1. The van der Waals surface area contributed by atoms with Crippen molar-refractivity contribution in [3.05, 3.63) is 23.9 Å². The first-order valence-corrected chi connectivity index (χ1v) is 6.56. The Labute approximate surface area is 113 Å². The highest BCUT2D eigenvalue weighted by molar-refractivity contribution is 5.75. The number of carbonyl (C=O) groups is 1. The SMILES string of the molecule is COC(=O)[C@H]1CCCCN1Cc1cccc(OC)n1. The predicted octanol–water partition coefficient (Wildman–Crippen LogP) is 1.62. The van der Waals surface area contributed by atoms with Crippen LogP contribution in [-0.2, 0) is 16.1 Å². The van der Waals surface area contributed by atoms with Crippen LogP contribution in [0, 0.1) is 0 Å². The number of carbonyl (C=O) groups excluding carboxylic acids is 1. The summed E-state index contributed by atoms with van der Waals surface area (Å²) in [6.45, 7) is 1.55. The topological polar surface area (TPSA) is 51.7 Å². The van der Waals surface area contributed by atoms with Crippen LogP contribution in [-0.4, -0.2) is 42.7 Å². The van der Waals surface area contributed by atoms with Gasteiger partial charge in [-0.1, -0.05) is 12.5 Å². The van der Waals surface area contributed by atoms with Crippen LogP contribution in [0.2, 0.25) is 0 Å². The van der Waals surface area contributed by atoms with Gasteiger partial charge in [-0.3, -0.25) is 9.69 Å². The van der Waals surface area contributed by atoms with E-state index in [1.807, 2.05) is 18.2 Å². The van der Waals surface area contributed by atoms with E-state index in [0.717, 1.165) is 31.5 Å². The van der Waals surface area contributed by atoms with Crippen LogP contribution in [0.15, 0.2) is 18.2 Å². The van der Waals surface area contributed by atoms with Crippen molar-refractivity contribution >= 4 is 5.97 Å². The number of esters is 1. The van der Waals surface area contributed by atoms with Gasteiger partial charge in [0, 0.05) is 12.6 Å². The second-order valence-electron chi connectivity index (χ2n) is 4.68. The fourth-order valence-electron chi connectivity index (χ4n) is 2.45. The van der Waals surface area contributed by atoms with Crippen molar-refractivity contribution in [3.63, 3.8) is 0 Å². The normalized spacial score (nSPS) is 20.0. The standard InChI is InChI=1S/C14H20N2O3/c1-18-13-8-5-6-11(15-13)10-16-9-4-3-7-12(16)14(17)19-2/h5-6,8,12H,3-4,7,9-10H2,1-2H3/t12-/m1/s1. The quantitative estimate of drug-likeness (QED) is 0.773. The van der Waals surface area contributed by atoms with Gasteiger partial charge in [-0.05, 0) is 25.5 Å². The molecule has 0 unspecified atom stereocenters. The van der Waals surface area contributed by atoms with Crippen molar-refractivity contribution in [3.8, 4) is 5.88 Å². The second kappa shape index (κ2) is 6.52. The zero-order valence-electron chi connectivity index (χ0n) is 11.5. The molecule has 0 spiro atoms. The Morgan fingerprint density at radius 3 is 3.00 bits per heavy atom. The molecule has 0 saturated carbocycles. The van der Waals surface area contributed by atoms with E-state index < -0.39 is 0 Å². The van der Waals surface area contributed by atoms with Gasteiger partial charge in [-0.2, -0.15) is 0 Å². The van der Waals surface area contributed by atoms with Crippen LogP contribution >= 0.6 is 0 Å². The molecule has 0 amide bonds. The maximum absolute atomic E-state index is 11.8. The minimum Gasteiger partial charge on any atom is -0.481 e. The Kier molecular flexibility index (Phi) is 4.74. The minimum absolute atomic E-state index is 0.147. The summed E-state index contributed by atoms with van der Waals surface area (Å²) < 4.78 is 10.00. The first-order chi connectivity index (χ1) is 9.24. The van der Waals surface area contributed by atoms with Crippen LogP contribution in [0.4, 0.5) is 0 Å². The molecule has 0 N–H and O–H groups in total. The highest BCUT2D eigenvalue weighted by Crippen LogP contribution is 2.20. The summed E-state index contributed by atoms with van der Waals surface area (Å²) in [5.74, 6) is 0.451. The Bertz CT molecular complexity index is 436. The maximum Gasteiger partial charge on any atom is 0.323 e. The lowest BCUT2D eigenvalue weighted by molar-refractivity contribution is -0.148. The Hall–Kier alpha value is -1.62. The number of hydrogen-bond acceptors (Lipinski definition) is 5. The van der Waals surface area contributed by atoms with Gasteiger partial charge in [0.15, 0.2) is 0 Å². The zero-order valence-corrected chi connectivity index (χ0v) is 11.5. The highest BCUT2D eigenvalue weighted by Gasteiger charge is 2.29. The molecule has 2 heterocycles. The molecular formula is C14H20N2O3. The zero-order chi connectivity index (χ0) is 13.7. The molecule has 104 valence electrons. The summed E-state index contributed by atoms with van der Waals surface area (Å²) in [6, 6.07) is 5.54. The molecule has 5 nitrogen and oxygen atoms in total. The number of ether oxygens (including phenoxy) is 2. The molecule has 0 radical (unpaired) electrons. The van der Waals surface area contributed by atoms with Crippen molar-refractivity contribution in [2.75, 3.05) is 20.8 Å². The van der Waals surface area contributed by atoms with Gasteiger partial charge in [0.2, 0.25) is 5.88 Å². The molecule has 1 fully saturated rings. The van der Waals surface area contributed by atoms with Crippen molar-refractivity contribution in [2.24, 2.45) is 0 Å². The number of nitrogens with zero attached hydrogens (tertiary/aromatic N) is 2. The van der Waals surface area contributed by atoms with Crippen LogP contribution in [0.5, 0.6) is 5.88 Å². The van der Waals surface area contributed by atoms with Gasteiger partial charge in [0.1, 0.15) is 6.04 Å². The van der Waals surface area contributed by atoms with Gasteiger partial charge in [-0.25, -0.2) is 4.98 Å². The lowest BCUT2D eigenvalue weighted by Crippen LogP contribution is -2.44. The summed E-state index contributed by atoms with van der Waals surface area (Å²) in [7, 11) is 3.04. The van der Waals surface area contributed by atoms with E-state index in [2.05, 4.69) is 9.88 Å². The van der Waals surface area contributed by atoms with E-state index in [-0.39, 0.29) is 12.0 Å². The fourth-order valence-corrected chi connectivity index (χ4v) is 2.45. The molecular weight excluding hydrogens is 244 g/mol. The number of rotatable bonds is 4. The van der Waals surface area contributed by atoms with Gasteiger partial charge < -0.3 is 9.47 Å². The van der Waals surface area contributed by atoms with Crippen LogP contribution < -0.4 is 4.74 Å². The number of hydrogen-bond donors (Lipinski definition) is 0. The first-order valence-electron chi connectivity index (χ1n) is 6.56. The Morgan fingerprint density at radius 1 is 1.42 bits per heavy atom. The maximum atomic E-state index is 11.8. The molecule has 1 aliphatic heterocycles. The third kappa shape index (κ3) is 3.44. The Morgan fingerprint density at radius 2 is 2.26 bits per heavy atom. The van der Waals surface area contributed by atoms with Crippen LogP contribution in [0.1, 0.15) is 25.0 Å². The molecule has 1 aliphatic rings. The Balaban J connectivity index is 2.08. The molecule has 0 bridgehead atoms. The third-order valence-corrected chi connectivity index (χ3v) is 3.44. The number of aromatic nitrogens is 1. The van der Waals surface area contributed by atoms with E-state index in [1.165, 1.54) is 7.11 Å². The van der Waals surface area contributed by atoms with E-state index in [1.54, 1.807) is 7.11 Å². The molecule has 2 rings (SSSR count). The van der Waals surface area contributed by atoms with Crippen molar-refractivity contribution in [2.45, 2.75) is 31.8 Å².